The van der Waals surface area contributed by atoms with Crippen molar-refractivity contribution in [3.8, 4) is 0 Å². The van der Waals surface area contributed by atoms with E-state index in [1.807, 2.05) is 17.2 Å². The average Bonchev–Trinajstić information content (AvgIpc) is 3.22. The number of carbonyl (C=O) groups excluding carboxylic acids is 3. The van der Waals surface area contributed by atoms with Gasteiger partial charge in [-0.15, -0.1) is 0 Å². The molecule has 1 spiro atoms. The monoisotopic (exact) mass is 443 g/mol. The van der Waals surface area contributed by atoms with Crippen molar-refractivity contribution < 1.29 is 19.1 Å². The summed E-state index contributed by atoms with van der Waals surface area (Å²) in [6.45, 7) is 8.56. The second-order valence-electron chi connectivity index (χ2n) is 9.97. The lowest BCUT2D eigenvalue weighted by Crippen LogP contribution is -2.47. The van der Waals surface area contributed by atoms with Crippen molar-refractivity contribution >= 4 is 18.0 Å². The summed E-state index contributed by atoms with van der Waals surface area (Å²) >= 11 is 0. The van der Waals surface area contributed by atoms with Gasteiger partial charge in [0.2, 0.25) is 5.91 Å². The van der Waals surface area contributed by atoms with Gasteiger partial charge in [0, 0.05) is 52.0 Å². The van der Waals surface area contributed by atoms with Crippen molar-refractivity contribution in [3.63, 3.8) is 0 Å². The van der Waals surface area contributed by atoms with E-state index in [2.05, 4.69) is 15.6 Å². The summed E-state index contributed by atoms with van der Waals surface area (Å²) in [4.78, 5) is 44.0. The van der Waals surface area contributed by atoms with Crippen LogP contribution in [0.3, 0.4) is 0 Å². The normalized spacial score (nSPS) is 21.2. The number of carbonyl (C=O) groups is 3. The first-order valence-corrected chi connectivity index (χ1v) is 11.3. The third-order valence-electron chi connectivity index (χ3n) is 7.02. The van der Waals surface area contributed by atoms with Gasteiger partial charge in [-0.1, -0.05) is 0 Å². The van der Waals surface area contributed by atoms with Gasteiger partial charge in [-0.25, -0.2) is 9.59 Å². The molecule has 1 aromatic rings. The van der Waals surface area contributed by atoms with Crippen molar-refractivity contribution in [1.29, 1.82) is 0 Å². The van der Waals surface area contributed by atoms with Crippen LogP contribution in [-0.4, -0.2) is 64.6 Å². The van der Waals surface area contributed by atoms with Gasteiger partial charge in [-0.05, 0) is 61.6 Å². The minimum absolute atomic E-state index is 0.0225. The summed E-state index contributed by atoms with van der Waals surface area (Å²) < 4.78 is 5.61. The fourth-order valence-corrected chi connectivity index (χ4v) is 4.83. The zero-order valence-electron chi connectivity index (χ0n) is 19.1. The Hall–Kier alpha value is -2.84. The van der Waals surface area contributed by atoms with E-state index in [-0.39, 0.29) is 30.0 Å². The Bertz CT molecular complexity index is 869. The third-order valence-corrected chi connectivity index (χ3v) is 7.02. The van der Waals surface area contributed by atoms with E-state index in [0.29, 0.717) is 38.6 Å². The molecule has 9 nitrogen and oxygen atoms in total. The van der Waals surface area contributed by atoms with Crippen LogP contribution in [0.4, 0.5) is 9.59 Å². The minimum Gasteiger partial charge on any atom is -0.442 e. The van der Waals surface area contributed by atoms with Crippen LogP contribution in [0.5, 0.6) is 0 Å². The van der Waals surface area contributed by atoms with E-state index in [9.17, 15) is 14.4 Å². The average molecular weight is 444 g/mol. The number of ether oxygens (including phenoxy) is 1. The first-order valence-electron chi connectivity index (χ1n) is 11.3. The Balaban J connectivity index is 1.18. The number of fused-ring (bicyclic) bond motifs is 1. The van der Waals surface area contributed by atoms with Crippen molar-refractivity contribution in [2.75, 3.05) is 26.2 Å². The highest BCUT2D eigenvalue weighted by molar-refractivity contribution is 5.75. The number of hydrogen-bond acceptors (Lipinski definition) is 5. The molecule has 9 heteroatoms. The number of nitrogens with one attached hydrogen (secondary N) is 2. The van der Waals surface area contributed by atoms with Crippen LogP contribution in [-0.2, 0) is 22.6 Å². The van der Waals surface area contributed by atoms with Crippen LogP contribution in [0, 0.1) is 11.3 Å². The molecule has 4 rings (SSSR count). The summed E-state index contributed by atoms with van der Waals surface area (Å²) in [5, 5.41) is 5.80. The lowest BCUT2D eigenvalue weighted by molar-refractivity contribution is -0.120. The van der Waals surface area contributed by atoms with Gasteiger partial charge >= 0.3 is 12.1 Å². The van der Waals surface area contributed by atoms with Gasteiger partial charge in [0.15, 0.2) is 0 Å². The number of nitrogens with zero attached hydrogens (tertiary/aromatic N) is 3. The van der Waals surface area contributed by atoms with Crippen LogP contribution in [0.1, 0.15) is 51.2 Å². The summed E-state index contributed by atoms with van der Waals surface area (Å²) in [5.74, 6) is 0.319. The molecule has 2 aliphatic heterocycles. The molecule has 2 N–H and O–H groups in total. The fourth-order valence-electron chi connectivity index (χ4n) is 4.83. The SMILES string of the molecule is CC(=O)NCC(C)(C)OC(=O)N1CCC2(CC1)CC2CNC(=O)N1Cc2ccncc2C1. The molecule has 1 saturated heterocycles. The van der Waals surface area contributed by atoms with Crippen LogP contribution >= 0.6 is 0 Å². The topological polar surface area (TPSA) is 104 Å². The first-order chi connectivity index (χ1) is 15.2. The van der Waals surface area contributed by atoms with Crippen LogP contribution < -0.4 is 10.6 Å². The van der Waals surface area contributed by atoms with Gasteiger partial charge in [-0.3, -0.25) is 9.78 Å². The van der Waals surface area contributed by atoms with Crippen LogP contribution in [0.2, 0.25) is 0 Å². The van der Waals surface area contributed by atoms with E-state index in [1.54, 1.807) is 24.9 Å². The smallest absolute Gasteiger partial charge is 0.410 e. The lowest BCUT2D eigenvalue weighted by Gasteiger charge is -2.35. The number of piperidine rings is 1. The number of urea groups is 1. The molecule has 1 saturated carbocycles. The molecule has 0 bridgehead atoms. The van der Waals surface area contributed by atoms with Gasteiger partial charge in [-0.2, -0.15) is 0 Å². The molecule has 1 unspecified atom stereocenters. The molecule has 2 fully saturated rings. The number of pyridine rings is 1. The predicted octanol–water partition coefficient (Wildman–Crippen LogP) is 2.26. The third kappa shape index (κ3) is 4.97. The van der Waals surface area contributed by atoms with Gasteiger partial charge in [0.05, 0.1) is 6.54 Å². The quantitative estimate of drug-likeness (QED) is 0.727. The molecule has 3 heterocycles. The summed E-state index contributed by atoms with van der Waals surface area (Å²) in [6, 6.07) is 1.95. The number of hydrogen-bond donors (Lipinski definition) is 2. The number of aromatic nitrogens is 1. The highest BCUT2D eigenvalue weighted by Crippen LogP contribution is 2.59. The summed E-state index contributed by atoms with van der Waals surface area (Å²) in [7, 11) is 0. The lowest BCUT2D eigenvalue weighted by atomic mass is 9.91. The van der Waals surface area contributed by atoms with E-state index in [1.165, 1.54) is 6.92 Å². The maximum Gasteiger partial charge on any atom is 0.410 e. The predicted molar refractivity (Wildman–Crippen MR) is 117 cm³/mol. The zero-order valence-corrected chi connectivity index (χ0v) is 19.1. The van der Waals surface area contributed by atoms with E-state index >= 15 is 0 Å². The first kappa shape index (κ1) is 22.4. The molecule has 0 radical (unpaired) electrons. The number of likely N-dealkylation sites (tertiary alicyclic amines) is 1. The number of rotatable bonds is 5. The largest absolute Gasteiger partial charge is 0.442 e. The van der Waals surface area contributed by atoms with Crippen LogP contribution in [0.15, 0.2) is 18.5 Å². The molecule has 1 aliphatic carbocycles. The standard InChI is InChI=1S/C23H33N5O4/c1-16(29)26-15-22(2,3)32-21(31)27-8-5-23(6-9-27)10-19(23)12-25-20(30)28-13-17-4-7-24-11-18(17)14-28/h4,7,11,19H,5-6,8-10,12-15H2,1-3H3,(H,25,30)(H,26,29). The molecule has 32 heavy (non-hydrogen) atoms. The molecular formula is C23H33N5O4. The Kier molecular flexibility index (Phi) is 6.01. The van der Waals surface area contributed by atoms with E-state index < -0.39 is 5.60 Å². The summed E-state index contributed by atoms with van der Waals surface area (Å²) in [5.41, 5.74) is 1.76. The Labute approximate surface area is 188 Å². The maximum atomic E-state index is 12.6. The Morgan fingerprint density at radius 3 is 2.56 bits per heavy atom. The second-order valence-corrected chi connectivity index (χ2v) is 9.97. The summed E-state index contributed by atoms with van der Waals surface area (Å²) in [6.07, 6.45) is 6.21. The highest BCUT2D eigenvalue weighted by Gasteiger charge is 2.55. The Morgan fingerprint density at radius 1 is 1.16 bits per heavy atom. The zero-order chi connectivity index (χ0) is 22.9. The van der Waals surface area contributed by atoms with Crippen molar-refractivity contribution in [2.24, 2.45) is 11.3 Å². The molecule has 4 amide bonds. The van der Waals surface area contributed by atoms with Gasteiger partial charge in [0.1, 0.15) is 5.60 Å². The molecule has 174 valence electrons. The highest BCUT2D eigenvalue weighted by atomic mass is 16.6. The molecule has 3 aliphatic rings. The van der Waals surface area contributed by atoms with Crippen LogP contribution in [0.25, 0.3) is 0 Å². The van der Waals surface area contributed by atoms with Crippen molar-refractivity contribution in [1.82, 2.24) is 25.4 Å². The molecule has 1 atom stereocenters. The molecular weight excluding hydrogens is 410 g/mol. The van der Waals surface area contributed by atoms with Gasteiger partial charge < -0.3 is 25.2 Å². The van der Waals surface area contributed by atoms with E-state index in [4.69, 9.17) is 4.74 Å². The van der Waals surface area contributed by atoms with Crippen molar-refractivity contribution in [3.05, 3.63) is 29.6 Å². The Morgan fingerprint density at radius 2 is 1.88 bits per heavy atom. The van der Waals surface area contributed by atoms with Gasteiger partial charge in [0.25, 0.3) is 0 Å². The van der Waals surface area contributed by atoms with Crippen molar-refractivity contribution in [2.45, 2.75) is 58.7 Å². The second kappa shape index (κ2) is 8.60. The molecule has 1 aromatic heterocycles. The van der Waals surface area contributed by atoms with E-state index in [0.717, 1.165) is 30.4 Å². The minimum atomic E-state index is -0.754. The molecule has 0 aromatic carbocycles. The maximum absolute atomic E-state index is 12.6. The fraction of sp³-hybridized carbons (Fsp3) is 0.652. The number of amides is 4.